The van der Waals surface area contributed by atoms with E-state index in [4.69, 9.17) is 6.42 Å². The molecule has 0 bridgehead atoms. The van der Waals surface area contributed by atoms with Crippen molar-refractivity contribution in [2.24, 2.45) is 0 Å². The van der Waals surface area contributed by atoms with E-state index in [0.717, 1.165) is 5.56 Å². The lowest BCUT2D eigenvalue weighted by Gasteiger charge is -2.07. The molecule has 1 rings (SSSR count). The zero-order chi connectivity index (χ0) is 8.97. The Kier molecular flexibility index (Phi) is 2.99. The molecule has 1 aromatic rings. The van der Waals surface area contributed by atoms with Gasteiger partial charge in [0, 0.05) is 5.56 Å². The minimum atomic E-state index is 0.636. The van der Waals surface area contributed by atoms with Crippen LogP contribution in [0.5, 0.6) is 0 Å². The topological polar surface area (TPSA) is 0 Å². The molecule has 1 unspecified atom stereocenters. The molecular formula is C11H13B. The number of hydrogen-bond acceptors (Lipinski definition) is 0. The standard InChI is InChI=1S/C11H13B/c1-3-9-5-7-10(8-6-9)11(12)4-2/h1,5-8,11H,4,12H2,2H3. The molecule has 1 atom stereocenters. The monoisotopic (exact) mass is 156 g/mol. The largest absolute Gasteiger partial charge is 0.115 e. The normalized spacial score (nSPS) is 12.0. The minimum Gasteiger partial charge on any atom is -0.115 e. The Morgan fingerprint density at radius 1 is 1.42 bits per heavy atom. The van der Waals surface area contributed by atoms with E-state index in [9.17, 15) is 0 Å². The van der Waals surface area contributed by atoms with Gasteiger partial charge < -0.3 is 0 Å². The van der Waals surface area contributed by atoms with E-state index in [2.05, 4.69) is 32.8 Å². The summed E-state index contributed by atoms with van der Waals surface area (Å²) >= 11 is 0. The summed E-state index contributed by atoms with van der Waals surface area (Å²) in [5.74, 6) is 3.25. The first-order valence-corrected chi connectivity index (χ1v) is 4.34. The van der Waals surface area contributed by atoms with E-state index in [1.54, 1.807) is 0 Å². The molecule has 0 spiro atoms. The Bertz CT molecular complexity index is 279. The van der Waals surface area contributed by atoms with Crippen LogP contribution in [0.1, 0.15) is 30.3 Å². The fourth-order valence-corrected chi connectivity index (χ4v) is 1.14. The maximum atomic E-state index is 5.26. The third-order valence-electron chi connectivity index (χ3n) is 2.26. The first-order valence-electron chi connectivity index (χ1n) is 4.34. The summed E-state index contributed by atoms with van der Waals surface area (Å²) in [6, 6.07) is 8.23. The Morgan fingerprint density at radius 3 is 2.42 bits per heavy atom. The molecule has 0 N–H and O–H groups in total. The van der Waals surface area contributed by atoms with Gasteiger partial charge in [-0.15, -0.1) is 6.42 Å². The lowest BCUT2D eigenvalue weighted by molar-refractivity contribution is 0.882. The highest BCUT2D eigenvalue weighted by Crippen LogP contribution is 2.15. The van der Waals surface area contributed by atoms with Crippen LogP contribution in [0.4, 0.5) is 0 Å². The molecule has 1 aromatic carbocycles. The number of benzene rings is 1. The molecule has 0 saturated carbocycles. The van der Waals surface area contributed by atoms with Crippen LogP contribution < -0.4 is 0 Å². The summed E-state index contributed by atoms with van der Waals surface area (Å²) in [6.45, 7) is 2.19. The van der Waals surface area contributed by atoms with Crippen molar-refractivity contribution < 1.29 is 0 Å². The zero-order valence-corrected chi connectivity index (χ0v) is 7.67. The molecule has 0 aliphatic carbocycles. The van der Waals surface area contributed by atoms with Crippen molar-refractivity contribution >= 4 is 7.85 Å². The fraction of sp³-hybridized carbons (Fsp3) is 0.273. The van der Waals surface area contributed by atoms with Crippen LogP contribution in [-0.4, -0.2) is 7.85 Å². The van der Waals surface area contributed by atoms with Gasteiger partial charge in [0.05, 0.1) is 0 Å². The van der Waals surface area contributed by atoms with Gasteiger partial charge in [0.2, 0.25) is 0 Å². The first-order chi connectivity index (χ1) is 5.77. The second-order valence-corrected chi connectivity index (χ2v) is 3.08. The van der Waals surface area contributed by atoms with E-state index in [-0.39, 0.29) is 0 Å². The van der Waals surface area contributed by atoms with Crippen molar-refractivity contribution in [2.75, 3.05) is 0 Å². The predicted molar refractivity (Wildman–Crippen MR) is 56.0 cm³/mol. The summed E-state index contributed by atoms with van der Waals surface area (Å²) < 4.78 is 0. The van der Waals surface area contributed by atoms with Gasteiger partial charge in [0.1, 0.15) is 7.85 Å². The van der Waals surface area contributed by atoms with Crippen molar-refractivity contribution in [3.05, 3.63) is 35.4 Å². The third-order valence-corrected chi connectivity index (χ3v) is 2.26. The molecule has 0 aromatic heterocycles. The maximum absolute atomic E-state index is 5.26. The molecule has 12 heavy (non-hydrogen) atoms. The van der Waals surface area contributed by atoms with E-state index in [1.807, 2.05) is 12.1 Å². The number of hydrogen-bond donors (Lipinski definition) is 0. The average molecular weight is 156 g/mol. The van der Waals surface area contributed by atoms with Gasteiger partial charge in [-0.3, -0.25) is 0 Å². The highest BCUT2D eigenvalue weighted by molar-refractivity contribution is 6.12. The Balaban J connectivity index is 2.86. The van der Waals surface area contributed by atoms with Crippen molar-refractivity contribution in [3.63, 3.8) is 0 Å². The lowest BCUT2D eigenvalue weighted by atomic mass is 9.79. The average Bonchev–Trinajstić information content (AvgIpc) is 2.17. The van der Waals surface area contributed by atoms with Crippen molar-refractivity contribution in [3.8, 4) is 12.3 Å². The lowest BCUT2D eigenvalue weighted by Crippen LogP contribution is -1.95. The van der Waals surface area contributed by atoms with E-state index < -0.39 is 0 Å². The van der Waals surface area contributed by atoms with Crippen molar-refractivity contribution in [1.82, 2.24) is 0 Å². The molecule has 0 radical (unpaired) electrons. The van der Waals surface area contributed by atoms with Gasteiger partial charge in [-0.1, -0.05) is 37.0 Å². The van der Waals surface area contributed by atoms with Gasteiger partial charge in [-0.2, -0.15) is 0 Å². The zero-order valence-electron chi connectivity index (χ0n) is 7.67. The smallest absolute Gasteiger partial charge is 0.111 e. The van der Waals surface area contributed by atoms with Gasteiger partial charge in [-0.25, -0.2) is 0 Å². The SMILES string of the molecule is BC(CC)c1ccc(C#C)cc1. The molecule has 0 aliphatic heterocycles. The summed E-state index contributed by atoms with van der Waals surface area (Å²) in [6.07, 6.45) is 6.43. The third kappa shape index (κ3) is 1.92. The minimum absolute atomic E-state index is 0.636. The Labute approximate surface area is 75.4 Å². The van der Waals surface area contributed by atoms with E-state index in [0.29, 0.717) is 5.82 Å². The summed E-state index contributed by atoms with van der Waals surface area (Å²) in [5, 5.41) is 0. The second kappa shape index (κ2) is 4.02. The van der Waals surface area contributed by atoms with Gasteiger partial charge in [0.25, 0.3) is 0 Å². The fourth-order valence-electron chi connectivity index (χ4n) is 1.14. The first kappa shape index (κ1) is 8.94. The molecule has 0 aliphatic rings. The van der Waals surface area contributed by atoms with Crippen molar-refractivity contribution in [1.29, 1.82) is 0 Å². The van der Waals surface area contributed by atoms with E-state index in [1.165, 1.54) is 12.0 Å². The molecule has 0 amide bonds. The highest BCUT2D eigenvalue weighted by Gasteiger charge is 2.00. The quantitative estimate of drug-likeness (QED) is 0.452. The van der Waals surface area contributed by atoms with Crippen LogP contribution in [0, 0.1) is 12.3 Å². The van der Waals surface area contributed by atoms with Gasteiger partial charge >= 0.3 is 0 Å². The summed E-state index contributed by atoms with van der Waals surface area (Å²) in [7, 11) is 2.23. The molecule has 60 valence electrons. The Morgan fingerprint density at radius 2 is 2.00 bits per heavy atom. The summed E-state index contributed by atoms with van der Waals surface area (Å²) in [5.41, 5.74) is 2.33. The summed E-state index contributed by atoms with van der Waals surface area (Å²) in [4.78, 5) is 0. The molecule has 0 saturated heterocycles. The van der Waals surface area contributed by atoms with Gasteiger partial charge in [0.15, 0.2) is 0 Å². The van der Waals surface area contributed by atoms with Crippen LogP contribution in [0.3, 0.4) is 0 Å². The van der Waals surface area contributed by atoms with Gasteiger partial charge in [-0.05, 0) is 17.9 Å². The van der Waals surface area contributed by atoms with Crippen LogP contribution in [0.2, 0.25) is 0 Å². The van der Waals surface area contributed by atoms with Crippen LogP contribution in [0.15, 0.2) is 24.3 Å². The molecular weight excluding hydrogens is 143 g/mol. The van der Waals surface area contributed by atoms with Crippen LogP contribution >= 0.6 is 0 Å². The molecule has 0 nitrogen and oxygen atoms in total. The van der Waals surface area contributed by atoms with E-state index >= 15 is 0 Å². The highest BCUT2D eigenvalue weighted by atomic mass is 14.0. The van der Waals surface area contributed by atoms with Crippen molar-refractivity contribution in [2.45, 2.75) is 19.2 Å². The predicted octanol–water partition coefficient (Wildman–Crippen LogP) is 1.75. The maximum Gasteiger partial charge on any atom is 0.111 e. The Hall–Kier alpha value is -1.16. The van der Waals surface area contributed by atoms with Crippen LogP contribution in [0.25, 0.3) is 0 Å². The number of terminal acetylenes is 1. The molecule has 0 fully saturated rings. The molecule has 0 heterocycles. The van der Waals surface area contributed by atoms with Crippen LogP contribution in [-0.2, 0) is 0 Å². The molecule has 1 heteroatoms. The second-order valence-electron chi connectivity index (χ2n) is 3.08. The number of rotatable bonds is 2.